The molecular formula is C20H36N4O. The van der Waals surface area contributed by atoms with Crippen LogP contribution in [0.15, 0.2) is 9.52 Å². The topological polar surface area (TPSA) is 62.5 Å². The summed E-state index contributed by atoms with van der Waals surface area (Å²) in [7, 11) is 0. The van der Waals surface area contributed by atoms with Crippen molar-refractivity contribution in [1.29, 1.82) is 0 Å². The van der Waals surface area contributed by atoms with E-state index in [-0.39, 0.29) is 0 Å². The van der Waals surface area contributed by atoms with E-state index >= 15 is 0 Å². The van der Waals surface area contributed by atoms with Gasteiger partial charge in [-0.05, 0) is 64.2 Å². The highest BCUT2D eigenvalue weighted by atomic mass is 16.5. The summed E-state index contributed by atoms with van der Waals surface area (Å²) < 4.78 is 5.23. The van der Waals surface area contributed by atoms with Crippen LogP contribution in [-0.2, 0) is 6.42 Å². The standard InChI is InChI=1S/C20H36N4O/c1-6-21-19(23-14-20(10-8-11-20)13-15(2)3)22-12-7-9-18-16(4)24-25-17(18)5/h15H,6-14H2,1-5H3,(H2,21,22,23). The molecule has 1 aliphatic rings. The van der Waals surface area contributed by atoms with Gasteiger partial charge >= 0.3 is 0 Å². The molecule has 0 atom stereocenters. The van der Waals surface area contributed by atoms with Gasteiger partial charge in [-0.25, -0.2) is 0 Å². The van der Waals surface area contributed by atoms with Crippen molar-refractivity contribution in [2.45, 2.75) is 73.1 Å². The predicted octanol–water partition coefficient (Wildman–Crippen LogP) is 4.00. The maximum atomic E-state index is 5.23. The van der Waals surface area contributed by atoms with Crippen LogP contribution in [0.4, 0.5) is 0 Å². The molecule has 5 nitrogen and oxygen atoms in total. The number of hydrogen-bond acceptors (Lipinski definition) is 3. The summed E-state index contributed by atoms with van der Waals surface area (Å²) >= 11 is 0. The summed E-state index contributed by atoms with van der Waals surface area (Å²) in [5.74, 6) is 2.65. The van der Waals surface area contributed by atoms with Crippen molar-refractivity contribution in [1.82, 2.24) is 15.8 Å². The van der Waals surface area contributed by atoms with Crippen LogP contribution in [0, 0.1) is 25.2 Å². The Balaban J connectivity index is 1.81. The van der Waals surface area contributed by atoms with Crippen LogP contribution in [0.1, 0.15) is 69.9 Å². The maximum Gasteiger partial charge on any atom is 0.191 e. The van der Waals surface area contributed by atoms with Crippen LogP contribution >= 0.6 is 0 Å². The van der Waals surface area contributed by atoms with Crippen molar-refractivity contribution in [3.05, 3.63) is 17.0 Å². The van der Waals surface area contributed by atoms with Crippen molar-refractivity contribution >= 4 is 5.96 Å². The van der Waals surface area contributed by atoms with Crippen LogP contribution in [0.5, 0.6) is 0 Å². The van der Waals surface area contributed by atoms with Gasteiger partial charge in [-0.2, -0.15) is 0 Å². The molecule has 25 heavy (non-hydrogen) atoms. The highest BCUT2D eigenvalue weighted by molar-refractivity contribution is 5.79. The first-order valence-electron chi connectivity index (χ1n) is 9.90. The van der Waals surface area contributed by atoms with E-state index in [1.54, 1.807) is 0 Å². The summed E-state index contributed by atoms with van der Waals surface area (Å²) in [6.07, 6.45) is 7.36. The zero-order chi connectivity index (χ0) is 18.3. The lowest BCUT2D eigenvalue weighted by atomic mass is 9.64. The zero-order valence-corrected chi connectivity index (χ0v) is 16.7. The van der Waals surface area contributed by atoms with E-state index < -0.39 is 0 Å². The molecule has 1 aromatic rings. The van der Waals surface area contributed by atoms with Gasteiger partial charge in [0.05, 0.1) is 5.69 Å². The largest absolute Gasteiger partial charge is 0.361 e. The summed E-state index contributed by atoms with van der Waals surface area (Å²) in [6.45, 7) is 13.5. The SMILES string of the molecule is CCNC(=NCC1(CC(C)C)CCC1)NCCCc1c(C)noc1C. The van der Waals surface area contributed by atoms with Crippen molar-refractivity contribution in [2.75, 3.05) is 19.6 Å². The zero-order valence-electron chi connectivity index (χ0n) is 16.7. The Hall–Kier alpha value is -1.52. The minimum atomic E-state index is 0.452. The Morgan fingerprint density at radius 2 is 2.04 bits per heavy atom. The molecule has 0 unspecified atom stereocenters. The smallest absolute Gasteiger partial charge is 0.191 e. The lowest BCUT2D eigenvalue weighted by Gasteiger charge is -2.42. The number of hydrogen-bond donors (Lipinski definition) is 2. The van der Waals surface area contributed by atoms with Crippen LogP contribution in [-0.4, -0.2) is 30.8 Å². The third-order valence-electron chi connectivity index (χ3n) is 5.25. The first kappa shape index (κ1) is 19.8. The van der Waals surface area contributed by atoms with Gasteiger partial charge in [0, 0.05) is 25.2 Å². The Morgan fingerprint density at radius 3 is 2.56 bits per heavy atom. The average molecular weight is 349 g/mol. The van der Waals surface area contributed by atoms with E-state index in [1.165, 1.54) is 31.2 Å². The van der Waals surface area contributed by atoms with Crippen molar-refractivity contribution in [3.63, 3.8) is 0 Å². The Kier molecular flexibility index (Phi) is 7.33. The molecule has 1 aliphatic carbocycles. The number of nitrogens with one attached hydrogen (secondary N) is 2. The fraction of sp³-hybridized carbons (Fsp3) is 0.800. The molecule has 0 bridgehead atoms. The maximum absolute atomic E-state index is 5.23. The highest BCUT2D eigenvalue weighted by Gasteiger charge is 2.37. The number of nitrogens with zero attached hydrogens (tertiary/aromatic N) is 2. The minimum Gasteiger partial charge on any atom is -0.361 e. The summed E-state index contributed by atoms with van der Waals surface area (Å²) in [5.41, 5.74) is 2.71. The van der Waals surface area contributed by atoms with Crippen molar-refractivity contribution in [3.8, 4) is 0 Å². The van der Waals surface area contributed by atoms with Gasteiger partial charge in [0.15, 0.2) is 5.96 Å². The van der Waals surface area contributed by atoms with Gasteiger partial charge in [0.25, 0.3) is 0 Å². The Labute approximate surface area is 153 Å². The van der Waals surface area contributed by atoms with Crippen molar-refractivity contribution in [2.24, 2.45) is 16.3 Å². The monoisotopic (exact) mass is 348 g/mol. The molecule has 0 saturated heterocycles. The molecule has 1 fully saturated rings. The molecule has 1 saturated carbocycles. The quantitative estimate of drug-likeness (QED) is 0.402. The molecule has 1 aromatic heterocycles. The van der Waals surface area contributed by atoms with Gasteiger partial charge in [-0.15, -0.1) is 0 Å². The van der Waals surface area contributed by atoms with Gasteiger partial charge in [-0.1, -0.05) is 25.4 Å². The Morgan fingerprint density at radius 1 is 1.28 bits per heavy atom. The van der Waals surface area contributed by atoms with Gasteiger partial charge in [0.1, 0.15) is 5.76 Å². The molecule has 0 aliphatic heterocycles. The molecule has 2 rings (SSSR count). The van der Waals surface area contributed by atoms with Gasteiger partial charge in [-0.3, -0.25) is 4.99 Å². The number of guanidine groups is 1. The van der Waals surface area contributed by atoms with Crippen LogP contribution in [0.25, 0.3) is 0 Å². The van der Waals surface area contributed by atoms with Crippen molar-refractivity contribution < 1.29 is 4.52 Å². The highest BCUT2D eigenvalue weighted by Crippen LogP contribution is 2.46. The molecule has 0 radical (unpaired) electrons. The van der Waals surface area contributed by atoms with E-state index in [4.69, 9.17) is 9.52 Å². The second-order valence-electron chi connectivity index (χ2n) is 7.98. The van der Waals surface area contributed by atoms with E-state index in [2.05, 4.69) is 36.6 Å². The first-order chi connectivity index (χ1) is 12.0. The molecule has 0 spiro atoms. The van der Waals surface area contributed by atoms with E-state index in [9.17, 15) is 0 Å². The fourth-order valence-corrected chi connectivity index (χ4v) is 3.89. The second kappa shape index (κ2) is 9.25. The number of aliphatic imine (C=N–C) groups is 1. The third-order valence-corrected chi connectivity index (χ3v) is 5.25. The van der Waals surface area contributed by atoms with E-state index in [0.29, 0.717) is 5.41 Å². The summed E-state index contributed by atoms with van der Waals surface area (Å²) in [5, 5.41) is 10.9. The lowest BCUT2D eigenvalue weighted by Crippen LogP contribution is -2.40. The normalized spacial score (nSPS) is 16.8. The van der Waals surface area contributed by atoms with E-state index in [0.717, 1.165) is 55.8 Å². The fourth-order valence-electron chi connectivity index (χ4n) is 3.89. The van der Waals surface area contributed by atoms with E-state index in [1.807, 2.05) is 13.8 Å². The minimum absolute atomic E-state index is 0.452. The van der Waals surface area contributed by atoms with Crippen LogP contribution < -0.4 is 10.6 Å². The first-order valence-corrected chi connectivity index (χ1v) is 9.90. The molecule has 142 valence electrons. The van der Waals surface area contributed by atoms with Crippen LogP contribution in [0.3, 0.4) is 0 Å². The van der Waals surface area contributed by atoms with Crippen LogP contribution in [0.2, 0.25) is 0 Å². The molecule has 1 heterocycles. The third kappa shape index (κ3) is 5.75. The average Bonchev–Trinajstić information content (AvgIpc) is 2.84. The second-order valence-corrected chi connectivity index (χ2v) is 7.98. The molecule has 5 heteroatoms. The molecular weight excluding hydrogens is 312 g/mol. The number of aromatic nitrogens is 1. The van der Waals surface area contributed by atoms with Gasteiger partial charge in [0.2, 0.25) is 0 Å². The lowest BCUT2D eigenvalue weighted by molar-refractivity contribution is 0.111. The number of rotatable bonds is 9. The summed E-state index contributed by atoms with van der Waals surface area (Å²) in [4.78, 5) is 4.89. The van der Waals surface area contributed by atoms with Gasteiger partial charge < -0.3 is 15.2 Å². The number of aryl methyl sites for hydroxylation is 2. The molecule has 0 amide bonds. The Bertz CT molecular complexity index is 539. The molecule has 2 N–H and O–H groups in total. The molecule has 0 aromatic carbocycles. The predicted molar refractivity (Wildman–Crippen MR) is 104 cm³/mol. The summed E-state index contributed by atoms with van der Waals surface area (Å²) in [6, 6.07) is 0.